The van der Waals surface area contributed by atoms with E-state index in [4.69, 9.17) is 23.2 Å². The lowest BCUT2D eigenvalue weighted by Crippen LogP contribution is -2.51. The first-order valence-corrected chi connectivity index (χ1v) is 10.8. The van der Waals surface area contributed by atoms with Crippen LogP contribution in [-0.4, -0.2) is 28.8 Å². The molecule has 0 heterocycles. The van der Waals surface area contributed by atoms with Crippen LogP contribution >= 0.6 is 23.2 Å². The van der Waals surface area contributed by atoms with Crippen molar-refractivity contribution in [2.45, 2.75) is 58.7 Å². The molecule has 0 saturated heterocycles. The molecular formula is C23H27Cl2FN2O2. The van der Waals surface area contributed by atoms with E-state index in [9.17, 15) is 14.0 Å². The third-order valence-corrected chi connectivity index (χ3v) is 5.60. The van der Waals surface area contributed by atoms with Crippen LogP contribution in [0.2, 0.25) is 10.0 Å². The first kappa shape index (κ1) is 24.2. The van der Waals surface area contributed by atoms with Gasteiger partial charge in [-0.1, -0.05) is 55.2 Å². The summed E-state index contributed by atoms with van der Waals surface area (Å²) < 4.78 is 13.3. The largest absolute Gasteiger partial charge is 0.352 e. The lowest BCUT2D eigenvalue weighted by molar-refractivity contribution is -0.141. The van der Waals surface area contributed by atoms with Crippen molar-refractivity contribution in [3.8, 4) is 0 Å². The van der Waals surface area contributed by atoms with Gasteiger partial charge in [0.05, 0.1) is 6.42 Å². The highest BCUT2D eigenvalue weighted by Gasteiger charge is 2.29. The monoisotopic (exact) mass is 452 g/mol. The van der Waals surface area contributed by atoms with Crippen molar-refractivity contribution >= 4 is 35.0 Å². The van der Waals surface area contributed by atoms with Crippen molar-refractivity contribution in [2.75, 3.05) is 0 Å². The molecule has 2 atom stereocenters. The summed E-state index contributed by atoms with van der Waals surface area (Å²) >= 11 is 12.2. The number of halogens is 3. The Balaban J connectivity index is 2.31. The van der Waals surface area contributed by atoms with Crippen molar-refractivity contribution < 1.29 is 14.0 Å². The number of rotatable bonds is 9. The minimum absolute atomic E-state index is 0.0000304. The Morgan fingerprint density at radius 2 is 1.73 bits per heavy atom. The molecule has 162 valence electrons. The van der Waals surface area contributed by atoms with E-state index < -0.39 is 6.04 Å². The van der Waals surface area contributed by atoms with Crippen LogP contribution < -0.4 is 5.32 Å². The van der Waals surface area contributed by atoms with Gasteiger partial charge in [-0.25, -0.2) is 4.39 Å². The molecule has 0 spiro atoms. The van der Waals surface area contributed by atoms with Crippen LogP contribution in [0, 0.1) is 5.82 Å². The summed E-state index contributed by atoms with van der Waals surface area (Å²) in [5.41, 5.74) is 1.37. The average Bonchev–Trinajstić information content (AvgIpc) is 2.71. The minimum atomic E-state index is -0.650. The Hall–Kier alpha value is -2.11. The van der Waals surface area contributed by atoms with Gasteiger partial charge in [-0.2, -0.15) is 0 Å². The van der Waals surface area contributed by atoms with Gasteiger partial charge in [-0.15, -0.1) is 0 Å². The normalized spacial score (nSPS) is 12.9. The maximum atomic E-state index is 13.3. The number of nitrogens with one attached hydrogen (secondary N) is 1. The van der Waals surface area contributed by atoms with E-state index >= 15 is 0 Å². The molecule has 0 aliphatic carbocycles. The minimum Gasteiger partial charge on any atom is -0.352 e. The Morgan fingerprint density at radius 3 is 2.30 bits per heavy atom. The molecule has 0 fully saturated rings. The molecule has 1 N–H and O–H groups in total. The van der Waals surface area contributed by atoms with Gasteiger partial charge in [0.2, 0.25) is 11.8 Å². The number of nitrogens with zero attached hydrogens (tertiary/aromatic N) is 1. The Morgan fingerprint density at radius 1 is 1.07 bits per heavy atom. The Kier molecular flexibility index (Phi) is 9.12. The topological polar surface area (TPSA) is 49.4 Å². The molecule has 0 saturated carbocycles. The molecule has 0 aliphatic heterocycles. The molecule has 0 radical (unpaired) electrons. The predicted octanol–water partition coefficient (Wildman–Crippen LogP) is 5.40. The fraction of sp³-hybridized carbons (Fsp3) is 0.391. The molecule has 7 heteroatoms. The summed E-state index contributed by atoms with van der Waals surface area (Å²) in [6, 6.07) is 10.2. The number of carbonyl (C=O) groups is 2. The van der Waals surface area contributed by atoms with Crippen LogP contribution in [0.1, 0.15) is 44.7 Å². The SMILES string of the molecule is CC[C@@H](C)NC(=O)[C@H](CC)N(Cc1ccc(F)cc1)C(=O)Cc1ccc(Cl)cc1Cl. The van der Waals surface area contributed by atoms with E-state index in [1.165, 1.54) is 17.0 Å². The smallest absolute Gasteiger partial charge is 0.243 e. The predicted molar refractivity (Wildman–Crippen MR) is 119 cm³/mol. The molecule has 2 rings (SSSR count). The van der Waals surface area contributed by atoms with Gasteiger partial charge in [0.25, 0.3) is 0 Å². The summed E-state index contributed by atoms with van der Waals surface area (Å²) in [7, 11) is 0. The fourth-order valence-corrected chi connectivity index (χ4v) is 3.55. The van der Waals surface area contributed by atoms with Crippen molar-refractivity contribution in [3.05, 3.63) is 69.5 Å². The molecule has 0 aromatic heterocycles. The van der Waals surface area contributed by atoms with Gasteiger partial charge in [-0.3, -0.25) is 9.59 Å². The zero-order chi connectivity index (χ0) is 22.3. The maximum Gasteiger partial charge on any atom is 0.243 e. The summed E-state index contributed by atoms with van der Waals surface area (Å²) in [5, 5.41) is 3.84. The first-order chi connectivity index (χ1) is 14.2. The summed E-state index contributed by atoms with van der Waals surface area (Å²) in [6.07, 6.45) is 1.27. The Bertz CT molecular complexity index is 874. The lowest BCUT2D eigenvalue weighted by Gasteiger charge is -2.31. The number of amides is 2. The van der Waals surface area contributed by atoms with Crippen LogP contribution in [0.4, 0.5) is 4.39 Å². The summed E-state index contributed by atoms with van der Waals surface area (Å²) in [6.45, 7) is 5.96. The standard InChI is InChI=1S/C23H27Cl2FN2O2/c1-4-15(3)27-23(30)21(5-2)28(14-16-6-10-19(26)11-7-16)22(29)12-17-8-9-18(24)13-20(17)25/h6-11,13,15,21H,4-5,12,14H2,1-3H3,(H,27,30)/t15-,21+/m1/s1. The second-order valence-corrected chi connectivity index (χ2v) is 8.15. The van der Waals surface area contributed by atoms with Gasteiger partial charge < -0.3 is 10.2 Å². The second kappa shape index (κ2) is 11.3. The van der Waals surface area contributed by atoms with Crippen LogP contribution in [0.5, 0.6) is 0 Å². The first-order valence-electron chi connectivity index (χ1n) is 10.0. The number of benzene rings is 2. The summed E-state index contributed by atoms with van der Waals surface area (Å²) in [5.74, 6) is -0.801. The van der Waals surface area contributed by atoms with Crippen molar-refractivity contribution in [1.82, 2.24) is 10.2 Å². The molecule has 2 amide bonds. The third-order valence-electron chi connectivity index (χ3n) is 5.01. The van der Waals surface area contributed by atoms with Crippen LogP contribution in [0.15, 0.2) is 42.5 Å². The van der Waals surface area contributed by atoms with Gasteiger partial charge in [0, 0.05) is 22.6 Å². The zero-order valence-corrected chi connectivity index (χ0v) is 18.9. The number of hydrogen-bond donors (Lipinski definition) is 1. The molecule has 0 unspecified atom stereocenters. The van der Waals surface area contributed by atoms with Crippen LogP contribution in [0.25, 0.3) is 0 Å². The van der Waals surface area contributed by atoms with Crippen LogP contribution in [0.3, 0.4) is 0 Å². The average molecular weight is 453 g/mol. The van der Waals surface area contributed by atoms with Crippen LogP contribution in [-0.2, 0) is 22.6 Å². The molecule has 30 heavy (non-hydrogen) atoms. The van der Waals surface area contributed by atoms with Gasteiger partial charge >= 0.3 is 0 Å². The van der Waals surface area contributed by atoms with E-state index in [-0.39, 0.29) is 36.6 Å². The van der Waals surface area contributed by atoms with Crippen molar-refractivity contribution in [2.24, 2.45) is 0 Å². The molecular weight excluding hydrogens is 426 g/mol. The molecule has 0 bridgehead atoms. The van der Waals surface area contributed by atoms with E-state index in [1.54, 1.807) is 30.3 Å². The Labute approximate surface area is 187 Å². The van der Waals surface area contributed by atoms with E-state index in [0.717, 1.165) is 12.0 Å². The number of hydrogen-bond acceptors (Lipinski definition) is 2. The fourth-order valence-electron chi connectivity index (χ4n) is 3.08. The van der Waals surface area contributed by atoms with E-state index in [2.05, 4.69) is 5.32 Å². The maximum absolute atomic E-state index is 13.3. The third kappa shape index (κ3) is 6.71. The molecule has 0 aliphatic rings. The second-order valence-electron chi connectivity index (χ2n) is 7.30. The van der Waals surface area contributed by atoms with E-state index in [0.29, 0.717) is 22.0 Å². The zero-order valence-electron chi connectivity index (χ0n) is 17.4. The highest BCUT2D eigenvalue weighted by atomic mass is 35.5. The van der Waals surface area contributed by atoms with Gasteiger partial charge in [0.1, 0.15) is 11.9 Å². The molecule has 4 nitrogen and oxygen atoms in total. The lowest BCUT2D eigenvalue weighted by atomic mass is 10.1. The van der Waals surface area contributed by atoms with Gasteiger partial charge in [-0.05, 0) is 55.2 Å². The van der Waals surface area contributed by atoms with Crippen molar-refractivity contribution in [1.29, 1.82) is 0 Å². The molecule has 2 aromatic rings. The van der Waals surface area contributed by atoms with Gasteiger partial charge in [0.15, 0.2) is 0 Å². The molecule has 2 aromatic carbocycles. The summed E-state index contributed by atoms with van der Waals surface area (Å²) in [4.78, 5) is 27.7. The number of carbonyl (C=O) groups excluding carboxylic acids is 2. The quantitative estimate of drug-likeness (QED) is 0.553. The highest BCUT2D eigenvalue weighted by molar-refractivity contribution is 6.35. The highest BCUT2D eigenvalue weighted by Crippen LogP contribution is 2.23. The van der Waals surface area contributed by atoms with Crippen molar-refractivity contribution in [3.63, 3.8) is 0 Å². The van der Waals surface area contributed by atoms with E-state index in [1.807, 2.05) is 20.8 Å².